The minimum atomic E-state index is -2.24. The molecule has 2 unspecified atom stereocenters. The molecule has 18 heavy (non-hydrogen) atoms. The molecule has 0 amide bonds. The first kappa shape index (κ1) is 17.0. The van der Waals surface area contributed by atoms with Gasteiger partial charge in [-0.1, -0.05) is 13.3 Å². The van der Waals surface area contributed by atoms with Gasteiger partial charge in [0.15, 0.2) is 5.78 Å². The third kappa shape index (κ3) is 4.36. The summed E-state index contributed by atoms with van der Waals surface area (Å²) < 4.78 is -0.109. The molecule has 0 radical (unpaired) electrons. The molecule has 6 heteroatoms. The summed E-state index contributed by atoms with van der Waals surface area (Å²) in [5.41, 5.74) is -2.24. The Morgan fingerprint density at radius 3 is 2.11 bits per heavy atom. The van der Waals surface area contributed by atoms with Crippen LogP contribution in [0.2, 0.25) is 0 Å². The van der Waals surface area contributed by atoms with Crippen molar-refractivity contribution in [1.82, 2.24) is 0 Å². The number of carboxylic acids is 1. The second-order valence-corrected chi connectivity index (χ2v) is 5.51. The standard InChI is InChI=1S/C12H23NO5/c1-5-6-7-9(14)12(18,8-10(15)16)11(17)13(2,3)4/h11,17-18H,5-8H2,1-4H3/p+1. The van der Waals surface area contributed by atoms with Crippen LogP contribution in [0.5, 0.6) is 0 Å². The van der Waals surface area contributed by atoms with Crippen LogP contribution in [0.3, 0.4) is 0 Å². The number of nitrogens with zero attached hydrogens (tertiary/aromatic N) is 1. The number of aliphatic hydroxyl groups excluding tert-OH is 1. The molecular weight excluding hydrogens is 238 g/mol. The molecule has 106 valence electrons. The number of hydrogen-bond acceptors (Lipinski definition) is 4. The van der Waals surface area contributed by atoms with E-state index in [2.05, 4.69) is 0 Å². The lowest BCUT2D eigenvalue weighted by molar-refractivity contribution is -0.925. The Morgan fingerprint density at radius 2 is 1.78 bits per heavy atom. The van der Waals surface area contributed by atoms with Gasteiger partial charge in [-0.2, -0.15) is 0 Å². The van der Waals surface area contributed by atoms with E-state index >= 15 is 0 Å². The molecule has 0 aromatic carbocycles. The highest BCUT2D eigenvalue weighted by atomic mass is 16.4. The Morgan fingerprint density at radius 1 is 1.28 bits per heavy atom. The molecule has 0 heterocycles. The minimum absolute atomic E-state index is 0.0668. The third-order valence-corrected chi connectivity index (χ3v) is 2.82. The molecule has 0 saturated heterocycles. The number of aliphatic carboxylic acids is 1. The lowest BCUT2D eigenvalue weighted by Gasteiger charge is -2.39. The summed E-state index contributed by atoms with van der Waals surface area (Å²) >= 11 is 0. The lowest BCUT2D eigenvalue weighted by atomic mass is 9.88. The van der Waals surface area contributed by atoms with Crippen LogP contribution in [0.4, 0.5) is 0 Å². The van der Waals surface area contributed by atoms with Crippen molar-refractivity contribution in [3.63, 3.8) is 0 Å². The maximum Gasteiger partial charge on any atom is 0.307 e. The van der Waals surface area contributed by atoms with Crippen molar-refractivity contribution in [1.29, 1.82) is 0 Å². The average molecular weight is 262 g/mol. The van der Waals surface area contributed by atoms with Gasteiger partial charge in [-0.25, -0.2) is 0 Å². The van der Waals surface area contributed by atoms with Crippen LogP contribution in [0, 0.1) is 0 Å². The molecule has 0 aromatic rings. The lowest BCUT2D eigenvalue weighted by Crippen LogP contribution is -2.63. The van der Waals surface area contributed by atoms with E-state index in [1.54, 1.807) is 21.1 Å². The van der Waals surface area contributed by atoms with Crippen molar-refractivity contribution in [3.8, 4) is 0 Å². The number of Topliss-reactive ketones (excluding diaryl/α,β-unsaturated/α-hetero) is 1. The van der Waals surface area contributed by atoms with Crippen LogP contribution in [0.25, 0.3) is 0 Å². The molecule has 3 N–H and O–H groups in total. The number of quaternary nitrogens is 1. The summed E-state index contributed by atoms with van der Waals surface area (Å²) in [5.74, 6) is -1.93. The van der Waals surface area contributed by atoms with E-state index in [1.807, 2.05) is 6.92 Å². The van der Waals surface area contributed by atoms with Gasteiger partial charge >= 0.3 is 5.97 Å². The highest BCUT2D eigenvalue weighted by molar-refractivity contribution is 5.91. The van der Waals surface area contributed by atoms with Gasteiger partial charge in [0, 0.05) is 6.42 Å². The van der Waals surface area contributed by atoms with Crippen molar-refractivity contribution >= 4 is 11.8 Å². The van der Waals surface area contributed by atoms with Gasteiger partial charge in [0.25, 0.3) is 0 Å². The van der Waals surface area contributed by atoms with Crippen molar-refractivity contribution in [3.05, 3.63) is 0 Å². The minimum Gasteiger partial charge on any atom is -0.481 e. The highest BCUT2D eigenvalue weighted by Crippen LogP contribution is 2.24. The summed E-state index contributed by atoms with van der Waals surface area (Å²) in [4.78, 5) is 22.8. The number of likely N-dealkylation sites (N-methyl/N-ethyl adjacent to an activating group) is 1. The van der Waals surface area contributed by atoms with E-state index in [-0.39, 0.29) is 10.9 Å². The molecule has 0 spiro atoms. The van der Waals surface area contributed by atoms with E-state index < -0.39 is 30.0 Å². The molecular formula is C12H24NO5+. The van der Waals surface area contributed by atoms with E-state index in [0.717, 1.165) is 6.42 Å². The average Bonchev–Trinajstić information content (AvgIpc) is 2.22. The zero-order chi connectivity index (χ0) is 14.6. The fourth-order valence-corrected chi connectivity index (χ4v) is 1.76. The largest absolute Gasteiger partial charge is 0.481 e. The summed E-state index contributed by atoms with van der Waals surface area (Å²) in [6, 6.07) is 0. The fraction of sp³-hybridized carbons (Fsp3) is 0.833. The maximum absolute atomic E-state index is 12.0. The van der Waals surface area contributed by atoms with Gasteiger partial charge in [-0.15, -0.1) is 0 Å². The Labute approximate surface area is 107 Å². The summed E-state index contributed by atoms with van der Waals surface area (Å²) in [7, 11) is 4.76. The zero-order valence-electron chi connectivity index (χ0n) is 11.5. The summed E-state index contributed by atoms with van der Waals surface area (Å²) in [6.45, 7) is 1.89. The molecule has 0 aliphatic rings. The van der Waals surface area contributed by atoms with Crippen LogP contribution in [0.1, 0.15) is 32.6 Å². The van der Waals surface area contributed by atoms with Crippen LogP contribution in [0.15, 0.2) is 0 Å². The van der Waals surface area contributed by atoms with E-state index in [0.29, 0.717) is 6.42 Å². The normalized spacial score (nSPS) is 17.0. The Bertz CT molecular complexity index is 310. The van der Waals surface area contributed by atoms with Crippen LogP contribution < -0.4 is 0 Å². The van der Waals surface area contributed by atoms with Crippen LogP contribution >= 0.6 is 0 Å². The van der Waals surface area contributed by atoms with Crippen molar-refractivity contribution in [2.45, 2.75) is 44.4 Å². The molecule has 0 fully saturated rings. The Hall–Kier alpha value is -0.980. The van der Waals surface area contributed by atoms with E-state index in [4.69, 9.17) is 5.11 Å². The predicted molar refractivity (Wildman–Crippen MR) is 65.8 cm³/mol. The smallest absolute Gasteiger partial charge is 0.307 e. The van der Waals surface area contributed by atoms with Crippen molar-refractivity contribution in [2.75, 3.05) is 21.1 Å². The van der Waals surface area contributed by atoms with Crippen LogP contribution in [-0.4, -0.2) is 64.5 Å². The molecule has 0 aliphatic carbocycles. The predicted octanol–water partition coefficient (Wildman–Crippen LogP) is -0.0239. The monoisotopic (exact) mass is 262 g/mol. The van der Waals surface area contributed by atoms with Gasteiger partial charge in [0.1, 0.15) is 0 Å². The summed E-state index contributed by atoms with van der Waals surface area (Å²) in [6.07, 6.45) is -0.873. The number of aliphatic hydroxyl groups is 2. The highest BCUT2D eigenvalue weighted by Gasteiger charge is 2.51. The Balaban J connectivity index is 5.17. The summed E-state index contributed by atoms with van der Waals surface area (Å²) in [5, 5.41) is 29.2. The maximum atomic E-state index is 12.0. The molecule has 0 bridgehead atoms. The first-order chi connectivity index (χ1) is 8.05. The van der Waals surface area contributed by atoms with Crippen molar-refractivity contribution < 1.29 is 29.4 Å². The molecule has 0 aliphatic heterocycles. The number of hydrogen-bond donors (Lipinski definition) is 3. The topological polar surface area (TPSA) is 94.8 Å². The molecule has 2 atom stereocenters. The molecule has 6 nitrogen and oxygen atoms in total. The number of carbonyl (C=O) groups excluding carboxylic acids is 1. The quantitative estimate of drug-likeness (QED) is 0.422. The van der Waals surface area contributed by atoms with Gasteiger partial charge < -0.3 is 19.8 Å². The second kappa shape index (κ2) is 6.26. The van der Waals surface area contributed by atoms with Gasteiger partial charge in [0.05, 0.1) is 27.6 Å². The van der Waals surface area contributed by atoms with E-state index in [1.165, 1.54) is 0 Å². The second-order valence-electron chi connectivity index (χ2n) is 5.51. The number of unbranched alkanes of at least 4 members (excludes halogenated alkanes) is 1. The van der Waals surface area contributed by atoms with Gasteiger partial charge in [0.2, 0.25) is 11.8 Å². The first-order valence-corrected chi connectivity index (χ1v) is 6.02. The number of carboxylic acid groups (broad SMARTS) is 1. The first-order valence-electron chi connectivity index (χ1n) is 6.02. The Kier molecular flexibility index (Phi) is 5.92. The molecule has 0 rings (SSSR count). The zero-order valence-corrected chi connectivity index (χ0v) is 11.5. The number of carbonyl (C=O) groups is 2. The van der Waals surface area contributed by atoms with Gasteiger partial charge in [-0.3, -0.25) is 9.59 Å². The third-order valence-electron chi connectivity index (χ3n) is 2.82. The number of rotatable bonds is 8. The van der Waals surface area contributed by atoms with Gasteiger partial charge in [-0.05, 0) is 6.42 Å². The number of ketones is 1. The van der Waals surface area contributed by atoms with Crippen LogP contribution in [-0.2, 0) is 9.59 Å². The SMILES string of the molecule is CCCCC(=O)C(O)(CC(=O)O)C(O)[N+](C)(C)C. The van der Waals surface area contributed by atoms with E-state index in [9.17, 15) is 19.8 Å². The molecule has 0 saturated carbocycles. The fourth-order valence-electron chi connectivity index (χ4n) is 1.76. The molecule has 0 aromatic heterocycles. The van der Waals surface area contributed by atoms with Crippen molar-refractivity contribution in [2.24, 2.45) is 0 Å².